The maximum atomic E-state index is 11.9. The molecule has 2 heterocycles. The van der Waals surface area contributed by atoms with Crippen LogP contribution in [0.15, 0.2) is 0 Å². The molecule has 0 saturated carbocycles. The summed E-state index contributed by atoms with van der Waals surface area (Å²) in [6.45, 7) is 6.74. The summed E-state index contributed by atoms with van der Waals surface area (Å²) in [5.74, 6) is -0.247. The van der Waals surface area contributed by atoms with Crippen LogP contribution in [0.4, 0.5) is 0 Å². The Hall–Kier alpha value is -0.370. The normalized spacial score (nSPS) is 26.3. The highest BCUT2D eigenvalue weighted by molar-refractivity contribution is 8.13. The molecule has 2 rings (SSSR count). The summed E-state index contributed by atoms with van der Waals surface area (Å²) in [6, 6.07) is 0.400. The lowest BCUT2D eigenvalue weighted by atomic mass is 10.1. The second kappa shape index (κ2) is 7.26. The summed E-state index contributed by atoms with van der Waals surface area (Å²) < 4.78 is 27.5. The van der Waals surface area contributed by atoms with Crippen LogP contribution < -0.4 is 0 Å². The SMILES string of the molecule is CC(CCN1CC(CS(=O)(=O)Cl)CC1=O)N1CCOCC1. The molecule has 0 aromatic rings. The molecule has 0 radical (unpaired) electrons. The molecule has 0 aliphatic carbocycles. The van der Waals surface area contributed by atoms with Crippen molar-refractivity contribution in [3.05, 3.63) is 0 Å². The number of ether oxygens (including phenoxy) is 1. The molecule has 0 bridgehead atoms. The van der Waals surface area contributed by atoms with Gasteiger partial charge in [0.25, 0.3) is 0 Å². The van der Waals surface area contributed by atoms with E-state index in [4.69, 9.17) is 15.4 Å². The number of carbonyl (C=O) groups is 1. The van der Waals surface area contributed by atoms with Gasteiger partial charge in [0.2, 0.25) is 15.0 Å². The first kappa shape index (κ1) is 17.0. The maximum absolute atomic E-state index is 11.9. The molecule has 122 valence electrons. The molecular formula is C13H23ClN2O4S. The van der Waals surface area contributed by atoms with Crippen molar-refractivity contribution in [2.45, 2.75) is 25.8 Å². The number of hydrogen-bond donors (Lipinski definition) is 0. The molecular weight excluding hydrogens is 316 g/mol. The highest BCUT2D eigenvalue weighted by Crippen LogP contribution is 2.21. The molecule has 6 nitrogen and oxygen atoms in total. The predicted octanol–water partition coefficient (Wildman–Crippen LogP) is 0.514. The molecule has 21 heavy (non-hydrogen) atoms. The molecule has 2 unspecified atom stereocenters. The zero-order valence-electron chi connectivity index (χ0n) is 12.3. The third-order valence-corrected chi connectivity index (χ3v) is 5.46. The average molecular weight is 339 g/mol. The Balaban J connectivity index is 1.76. The van der Waals surface area contributed by atoms with Crippen molar-refractivity contribution in [1.29, 1.82) is 0 Å². The van der Waals surface area contributed by atoms with Gasteiger partial charge in [-0.2, -0.15) is 0 Å². The number of halogens is 1. The van der Waals surface area contributed by atoms with Crippen LogP contribution >= 0.6 is 10.7 Å². The quantitative estimate of drug-likeness (QED) is 0.660. The Labute approximate surface area is 130 Å². The second-order valence-corrected chi connectivity index (χ2v) is 8.72. The molecule has 0 N–H and O–H groups in total. The van der Waals surface area contributed by atoms with Gasteiger partial charge in [-0.25, -0.2) is 8.42 Å². The van der Waals surface area contributed by atoms with Crippen molar-refractivity contribution < 1.29 is 17.9 Å². The number of rotatable bonds is 6. The van der Waals surface area contributed by atoms with Crippen LogP contribution in [0.1, 0.15) is 19.8 Å². The first-order valence-corrected chi connectivity index (χ1v) is 9.85. The smallest absolute Gasteiger partial charge is 0.232 e. The second-order valence-electron chi connectivity index (χ2n) is 5.90. The van der Waals surface area contributed by atoms with Crippen LogP contribution in [0.5, 0.6) is 0 Å². The van der Waals surface area contributed by atoms with Crippen LogP contribution in [-0.2, 0) is 18.6 Å². The molecule has 2 atom stereocenters. The Morgan fingerprint density at radius 1 is 1.38 bits per heavy atom. The van der Waals surface area contributed by atoms with Gasteiger partial charge in [0.05, 0.1) is 19.0 Å². The number of likely N-dealkylation sites (tertiary alicyclic amines) is 1. The number of amides is 1. The van der Waals surface area contributed by atoms with Gasteiger partial charge < -0.3 is 9.64 Å². The molecule has 2 aliphatic rings. The van der Waals surface area contributed by atoms with E-state index in [1.165, 1.54) is 0 Å². The fourth-order valence-corrected chi connectivity index (χ4v) is 4.33. The van der Waals surface area contributed by atoms with Crippen LogP contribution in [-0.4, -0.2) is 75.3 Å². The summed E-state index contributed by atoms with van der Waals surface area (Å²) >= 11 is 0. The summed E-state index contributed by atoms with van der Waals surface area (Å²) in [5.41, 5.74) is 0. The largest absolute Gasteiger partial charge is 0.379 e. The van der Waals surface area contributed by atoms with E-state index in [0.29, 0.717) is 19.1 Å². The van der Waals surface area contributed by atoms with Gasteiger partial charge in [0.1, 0.15) is 0 Å². The van der Waals surface area contributed by atoms with Gasteiger partial charge in [-0.05, 0) is 13.3 Å². The molecule has 0 aromatic heterocycles. The van der Waals surface area contributed by atoms with Gasteiger partial charge in [-0.15, -0.1) is 0 Å². The zero-order valence-corrected chi connectivity index (χ0v) is 13.9. The minimum absolute atomic E-state index is 0.0366. The summed E-state index contributed by atoms with van der Waals surface area (Å²) in [7, 11) is 1.73. The molecule has 1 amide bonds. The average Bonchev–Trinajstić information content (AvgIpc) is 2.74. The van der Waals surface area contributed by atoms with E-state index in [-0.39, 0.29) is 24.0 Å². The minimum atomic E-state index is -3.53. The van der Waals surface area contributed by atoms with Gasteiger partial charge in [-0.3, -0.25) is 9.69 Å². The highest BCUT2D eigenvalue weighted by Gasteiger charge is 2.32. The highest BCUT2D eigenvalue weighted by atomic mass is 35.7. The standard InChI is InChI=1S/C13H23ClN2O4S/c1-11(15-4-6-20-7-5-15)2-3-16-9-12(8-13(16)17)10-21(14,18)19/h11-12H,2-10H2,1H3. The summed E-state index contributed by atoms with van der Waals surface area (Å²) in [5, 5.41) is 0. The first-order chi connectivity index (χ1) is 9.85. The van der Waals surface area contributed by atoms with Crippen LogP contribution in [0.2, 0.25) is 0 Å². The number of hydrogen-bond acceptors (Lipinski definition) is 5. The zero-order chi connectivity index (χ0) is 15.5. The molecule has 0 aromatic carbocycles. The van der Waals surface area contributed by atoms with Crippen LogP contribution in [0.25, 0.3) is 0 Å². The molecule has 0 spiro atoms. The number of nitrogens with zero attached hydrogens (tertiary/aromatic N) is 2. The number of carbonyl (C=O) groups excluding carboxylic acids is 1. The molecule has 2 aliphatic heterocycles. The lowest BCUT2D eigenvalue weighted by Crippen LogP contribution is -2.43. The van der Waals surface area contributed by atoms with E-state index in [1.807, 2.05) is 0 Å². The van der Waals surface area contributed by atoms with E-state index < -0.39 is 9.05 Å². The van der Waals surface area contributed by atoms with Crippen molar-refractivity contribution in [1.82, 2.24) is 9.80 Å². The summed E-state index contributed by atoms with van der Waals surface area (Å²) in [6.07, 6.45) is 1.18. The fraction of sp³-hybridized carbons (Fsp3) is 0.923. The third-order valence-electron chi connectivity index (χ3n) is 4.22. The van der Waals surface area contributed by atoms with E-state index in [2.05, 4.69) is 11.8 Å². The lowest BCUT2D eigenvalue weighted by molar-refractivity contribution is -0.127. The number of morpholine rings is 1. The lowest BCUT2D eigenvalue weighted by Gasteiger charge is -2.33. The minimum Gasteiger partial charge on any atom is -0.379 e. The summed E-state index contributed by atoms with van der Waals surface area (Å²) in [4.78, 5) is 16.0. The van der Waals surface area contributed by atoms with Crippen molar-refractivity contribution in [3.63, 3.8) is 0 Å². The molecule has 8 heteroatoms. The van der Waals surface area contributed by atoms with Gasteiger partial charge in [0.15, 0.2) is 0 Å². The van der Waals surface area contributed by atoms with Crippen LogP contribution in [0.3, 0.4) is 0 Å². The van der Waals surface area contributed by atoms with E-state index in [1.54, 1.807) is 4.90 Å². The Kier molecular flexibility index (Phi) is 5.88. The first-order valence-electron chi connectivity index (χ1n) is 7.37. The molecule has 2 fully saturated rings. The van der Waals surface area contributed by atoms with Gasteiger partial charge in [-0.1, -0.05) is 0 Å². The van der Waals surface area contributed by atoms with E-state index in [9.17, 15) is 13.2 Å². The Morgan fingerprint density at radius 2 is 2.05 bits per heavy atom. The topological polar surface area (TPSA) is 66.9 Å². The van der Waals surface area contributed by atoms with Crippen molar-refractivity contribution in [2.75, 3.05) is 45.1 Å². The van der Waals surface area contributed by atoms with E-state index >= 15 is 0 Å². The van der Waals surface area contributed by atoms with Crippen molar-refractivity contribution >= 4 is 25.6 Å². The van der Waals surface area contributed by atoms with Crippen LogP contribution in [0, 0.1) is 5.92 Å². The fourth-order valence-electron chi connectivity index (χ4n) is 3.01. The third kappa shape index (κ3) is 5.39. The Bertz CT molecular complexity index is 465. The maximum Gasteiger partial charge on any atom is 0.232 e. The van der Waals surface area contributed by atoms with Gasteiger partial charge in [0, 0.05) is 55.2 Å². The van der Waals surface area contributed by atoms with Crippen molar-refractivity contribution in [2.24, 2.45) is 5.92 Å². The predicted molar refractivity (Wildman–Crippen MR) is 80.8 cm³/mol. The monoisotopic (exact) mass is 338 g/mol. The molecule has 2 saturated heterocycles. The van der Waals surface area contributed by atoms with Crippen molar-refractivity contribution in [3.8, 4) is 0 Å². The Morgan fingerprint density at radius 3 is 2.67 bits per heavy atom. The van der Waals surface area contributed by atoms with Gasteiger partial charge >= 0.3 is 0 Å². The van der Waals surface area contributed by atoms with E-state index in [0.717, 1.165) is 32.7 Å².